The SMILES string of the molecule is NC(=O)CCN(NC(=O)[C@H](CC12CC(C1)C2)NC(=O)c1cc2cc(Cl)ccc2[nH]1)C(=O)C(F)Cl. The summed E-state index contributed by atoms with van der Waals surface area (Å²) in [5, 5.41) is 4.60. The Bertz CT molecular complexity index is 1140. The van der Waals surface area contributed by atoms with Crippen molar-refractivity contribution in [2.45, 2.75) is 43.8 Å². The second kappa shape index (κ2) is 9.42. The lowest BCUT2D eigenvalue weighted by atomic mass is 9.43. The van der Waals surface area contributed by atoms with Gasteiger partial charge in [-0.25, -0.2) is 9.40 Å². The Hall–Kier alpha value is -2.85. The van der Waals surface area contributed by atoms with E-state index in [-0.39, 0.29) is 24.1 Å². The zero-order valence-electron chi connectivity index (χ0n) is 18.1. The maximum absolute atomic E-state index is 13.4. The number of halogens is 3. The summed E-state index contributed by atoms with van der Waals surface area (Å²) in [6.45, 7) is -0.357. The summed E-state index contributed by atoms with van der Waals surface area (Å²) in [6, 6.07) is 5.76. The smallest absolute Gasteiger partial charge is 0.291 e. The summed E-state index contributed by atoms with van der Waals surface area (Å²) < 4.78 is 13.4. The fraction of sp³-hybridized carbons (Fsp3) is 0.455. The van der Waals surface area contributed by atoms with E-state index in [9.17, 15) is 23.6 Å². The van der Waals surface area contributed by atoms with E-state index in [0.717, 1.165) is 24.6 Å². The fourth-order valence-corrected chi connectivity index (χ4v) is 5.08. The zero-order valence-corrected chi connectivity index (χ0v) is 19.6. The highest BCUT2D eigenvalue weighted by atomic mass is 35.5. The minimum Gasteiger partial charge on any atom is -0.370 e. The number of aromatic amines is 1. The van der Waals surface area contributed by atoms with Crippen LogP contribution in [0, 0.1) is 11.3 Å². The van der Waals surface area contributed by atoms with Crippen LogP contribution >= 0.6 is 23.2 Å². The molecule has 5 rings (SSSR count). The molecule has 12 heteroatoms. The first-order chi connectivity index (χ1) is 16.0. The number of hydrazine groups is 1. The third-order valence-corrected chi connectivity index (χ3v) is 6.95. The van der Waals surface area contributed by atoms with Crippen LogP contribution in [0.1, 0.15) is 42.6 Å². The molecular formula is C22H24Cl2FN5O4. The number of alkyl halides is 2. The molecule has 34 heavy (non-hydrogen) atoms. The van der Waals surface area contributed by atoms with Crippen molar-refractivity contribution >= 4 is 57.7 Å². The number of fused-ring (bicyclic) bond motifs is 1. The number of hydrogen-bond acceptors (Lipinski definition) is 4. The minimum atomic E-state index is -2.42. The molecule has 182 valence electrons. The van der Waals surface area contributed by atoms with Crippen LogP contribution in [-0.4, -0.2) is 51.8 Å². The van der Waals surface area contributed by atoms with Crippen molar-refractivity contribution in [1.82, 2.24) is 20.7 Å². The van der Waals surface area contributed by atoms with Gasteiger partial charge >= 0.3 is 0 Å². The van der Waals surface area contributed by atoms with E-state index < -0.39 is 35.3 Å². The van der Waals surface area contributed by atoms with Crippen LogP contribution in [0.5, 0.6) is 0 Å². The first-order valence-electron chi connectivity index (χ1n) is 10.8. The van der Waals surface area contributed by atoms with Crippen molar-refractivity contribution in [3.63, 3.8) is 0 Å². The van der Waals surface area contributed by atoms with Gasteiger partial charge in [-0.2, -0.15) is 0 Å². The molecule has 0 spiro atoms. The number of H-pyrrole nitrogens is 1. The summed E-state index contributed by atoms with van der Waals surface area (Å²) in [4.78, 5) is 52.3. The van der Waals surface area contributed by atoms with Gasteiger partial charge in [0.1, 0.15) is 11.7 Å². The van der Waals surface area contributed by atoms with E-state index in [1.807, 2.05) is 0 Å². The molecule has 1 unspecified atom stereocenters. The van der Waals surface area contributed by atoms with Crippen LogP contribution in [0.2, 0.25) is 5.02 Å². The van der Waals surface area contributed by atoms with Gasteiger partial charge in [-0.05, 0) is 61.3 Å². The van der Waals surface area contributed by atoms with E-state index in [0.29, 0.717) is 27.9 Å². The van der Waals surface area contributed by atoms with Crippen LogP contribution < -0.4 is 16.5 Å². The number of primary amides is 1. The largest absolute Gasteiger partial charge is 0.370 e. The highest BCUT2D eigenvalue weighted by molar-refractivity contribution is 6.31. The minimum absolute atomic E-state index is 0.0366. The van der Waals surface area contributed by atoms with Crippen LogP contribution in [-0.2, 0) is 14.4 Å². The van der Waals surface area contributed by atoms with Crippen LogP contribution in [0.4, 0.5) is 4.39 Å². The molecule has 2 atom stereocenters. The summed E-state index contributed by atoms with van der Waals surface area (Å²) in [7, 11) is 0. The molecule has 0 radical (unpaired) electrons. The van der Waals surface area contributed by atoms with E-state index in [1.165, 1.54) is 0 Å². The number of benzene rings is 1. The summed E-state index contributed by atoms with van der Waals surface area (Å²) in [5.41, 5.74) is 5.89. The number of carbonyl (C=O) groups is 4. The Balaban J connectivity index is 1.50. The second-order valence-corrected chi connectivity index (χ2v) is 9.93. The number of rotatable bonds is 9. The maximum atomic E-state index is 13.4. The number of nitrogens with one attached hydrogen (secondary N) is 3. The Morgan fingerprint density at radius 2 is 1.94 bits per heavy atom. The third kappa shape index (κ3) is 5.12. The third-order valence-electron chi connectivity index (χ3n) is 6.53. The zero-order chi connectivity index (χ0) is 24.6. The number of aromatic nitrogens is 1. The predicted molar refractivity (Wildman–Crippen MR) is 123 cm³/mol. The maximum Gasteiger partial charge on any atom is 0.291 e. The fourth-order valence-electron chi connectivity index (χ4n) is 4.78. The van der Waals surface area contributed by atoms with Gasteiger partial charge in [0.2, 0.25) is 5.91 Å². The van der Waals surface area contributed by atoms with Crippen molar-refractivity contribution in [3.8, 4) is 0 Å². The molecule has 2 bridgehead atoms. The van der Waals surface area contributed by atoms with Crippen molar-refractivity contribution in [2.24, 2.45) is 17.1 Å². The number of nitrogens with zero attached hydrogens (tertiary/aromatic N) is 1. The van der Waals surface area contributed by atoms with Gasteiger partial charge in [0.15, 0.2) is 0 Å². The van der Waals surface area contributed by atoms with E-state index in [4.69, 9.17) is 28.9 Å². The molecule has 3 saturated carbocycles. The molecular weight excluding hydrogens is 488 g/mol. The monoisotopic (exact) mass is 511 g/mol. The lowest BCUT2D eigenvalue weighted by molar-refractivity contribution is -0.148. The van der Waals surface area contributed by atoms with Gasteiger partial charge in [-0.3, -0.25) is 24.6 Å². The number of amides is 4. The van der Waals surface area contributed by atoms with Gasteiger partial charge in [-0.1, -0.05) is 23.2 Å². The van der Waals surface area contributed by atoms with Gasteiger partial charge in [0.05, 0.1) is 6.54 Å². The van der Waals surface area contributed by atoms with Crippen LogP contribution in [0.3, 0.4) is 0 Å². The van der Waals surface area contributed by atoms with Crippen molar-refractivity contribution in [1.29, 1.82) is 0 Å². The topological polar surface area (TPSA) is 137 Å². The highest BCUT2D eigenvalue weighted by Gasteiger charge is 2.57. The van der Waals surface area contributed by atoms with E-state index >= 15 is 0 Å². The lowest BCUT2D eigenvalue weighted by Crippen LogP contribution is -2.60. The Labute approximate surface area is 204 Å². The van der Waals surface area contributed by atoms with Gasteiger partial charge < -0.3 is 16.0 Å². The first kappa shape index (κ1) is 24.3. The van der Waals surface area contributed by atoms with Gasteiger partial charge in [0, 0.05) is 22.3 Å². The molecule has 1 aromatic heterocycles. The molecule has 3 aliphatic carbocycles. The molecule has 0 saturated heterocycles. The molecule has 1 aromatic carbocycles. The predicted octanol–water partition coefficient (Wildman–Crippen LogP) is 2.38. The van der Waals surface area contributed by atoms with Crippen LogP contribution in [0.15, 0.2) is 24.3 Å². The van der Waals surface area contributed by atoms with E-state index in [2.05, 4.69) is 15.7 Å². The number of carbonyl (C=O) groups excluding carboxylic acids is 4. The Kier molecular flexibility index (Phi) is 6.73. The normalized spacial score (nSPS) is 22.1. The molecule has 5 N–H and O–H groups in total. The van der Waals surface area contributed by atoms with Crippen molar-refractivity contribution < 1.29 is 23.6 Å². The molecule has 0 aliphatic heterocycles. The quantitative estimate of drug-likeness (QED) is 0.303. The summed E-state index contributed by atoms with van der Waals surface area (Å²) in [5.74, 6) is -2.56. The van der Waals surface area contributed by atoms with E-state index in [1.54, 1.807) is 24.3 Å². The molecule has 3 fully saturated rings. The molecule has 4 amide bonds. The highest BCUT2D eigenvalue weighted by Crippen LogP contribution is 2.66. The standard InChI is InChI=1S/C22H24Cl2FN5O4/c23-13-1-2-14-12(5-13)6-15(27-14)19(32)28-16(10-22-7-11(8-22)9-22)20(33)29-30(4-3-17(26)31)21(34)18(24)25/h1-2,5-6,11,16,18,27H,3-4,7-10H2,(H2,26,31)(H,28,32)(H,29,33)/t11?,16-,18?,22?/m0/s1. The molecule has 2 aromatic rings. The second-order valence-electron chi connectivity index (χ2n) is 9.11. The van der Waals surface area contributed by atoms with Crippen molar-refractivity contribution in [2.75, 3.05) is 6.54 Å². The Morgan fingerprint density at radius 1 is 1.24 bits per heavy atom. The molecule has 3 aliphatic rings. The summed E-state index contributed by atoms with van der Waals surface area (Å²) in [6.07, 6.45) is 2.96. The van der Waals surface area contributed by atoms with Gasteiger partial charge in [-0.15, -0.1) is 0 Å². The first-order valence-corrected chi connectivity index (χ1v) is 11.6. The lowest BCUT2D eigenvalue weighted by Gasteiger charge is -2.63. The van der Waals surface area contributed by atoms with Gasteiger partial charge in [0.25, 0.3) is 23.4 Å². The average Bonchev–Trinajstić information content (AvgIpc) is 3.14. The molecule has 9 nitrogen and oxygen atoms in total. The number of hydrogen-bond donors (Lipinski definition) is 4. The van der Waals surface area contributed by atoms with Crippen LogP contribution in [0.25, 0.3) is 10.9 Å². The molecule has 1 heterocycles. The average molecular weight is 512 g/mol. The summed E-state index contributed by atoms with van der Waals surface area (Å²) >= 11 is 11.3. The van der Waals surface area contributed by atoms with Crippen molar-refractivity contribution in [3.05, 3.63) is 35.0 Å². The number of nitrogens with two attached hydrogens (primary N) is 1. The Morgan fingerprint density at radius 3 is 2.53 bits per heavy atom.